The Kier molecular flexibility index (Phi) is 19.1. The Morgan fingerprint density at radius 2 is 1.71 bits per heavy atom. The summed E-state index contributed by atoms with van der Waals surface area (Å²) in [6.07, 6.45) is 7.52. The summed E-state index contributed by atoms with van der Waals surface area (Å²) in [5.41, 5.74) is 0. The van der Waals surface area contributed by atoms with Crippen LogP contribution in [0, 0.1) is 5.92 Å². The zero-order valence-corrected chi connectivity index (χ0v) is 10.9. The molecule has 85 valence electrons. The second-order valence-corrected chi connectivity index (χ2v) is 3.71. The second-order valence-electron chi connectivity index (χ2n) is 3.42. The van der Waals surface area contributed by atoms with Crippen molar-refractivity contribution >= 4 is 0 Å². The molecule has 2 N–H and O–H groups in total. The van der Waals surface area contributed by atoms with Crippen LogP contribution in [-0.4, -0.2) is 15.4 Å². The molecule has 0 radical (unpaired) electrons. The third-order valence-corrected chi connectivity index (χ3v) is 2.17. The van der Waals surface area contributed by atoms with E-state index < -0.39 is 19.5 Å². The fourth-order valence-electron chi connectivity index (χ4n) is 1.42. The molecule has 0 aromatic carbocycles. The van der Waals surface area contributed by atoms with E-state index in [-0.39, 0.29) is 0 Å². The molecule has 0 spiro atoms. The van der Waals surface area contributed by atoms with Crippen LogP contribution in [0.4, 0.5) is 0 Å². The number of aliphatic hydroxyl groups excluding tert-OH is 1. The van der Waals surface area contributed by atoms with E-state index in [0.29, 0.717) is 12.5 Å². The predicted octanol–water partition coefficient (Wildman–Crippen LogP) is 2.30. The summed E-state index contributed by atoms with van der Waals surface area (Å²) in [4.78, 5) is 0. The first kappa shape index (κ1) is 16.8. The van der Waals surface area contributed by atoms with Crippen LogP contribution in [0.1, 0.15) is 52.4 Å². The van der Waals surface area contributed by atoms with Gasteiger partial charge in [-0.3, -0.25) is 0 Å². The van der Waals surface area contributed by atoms with Gasteiger partial charge in [-0.05, 0) is 18.8 Å². The van der Waals surface area contributed by atoms with E-state index in [4.69, 9.17) is 12.1 Å². The van der Waals surface area contributed by atoms with Crippen molar-refractivity contribution in [1.82, 2.24) is 0 Å². The van der Waals surface area contributed by atoms with Gasteiger partial charge in [-0.15, -0.1) is 0 Å². The maximum absolute atomic E-state index is 8.96. The van der Waals surface area contributed by atoms with Crippen LogP contribution in [0.15, 0.2) is 0 Å². The fraction of sp³-hybridized carbons (Fsp3) is 1.00. The Morgan fingerprint density at radius 3 is 2.07 bits per heavy atom. The maximum atomic E-state index is 8.96. The standard InChI is InChI=1S/C10H22O.H2O.O.Ti/c1-3-5-6-8-10(9-11)7-4-2;;;/h10-11H,3-9H2,1-2H3;1H2;;/q;;;+1/p-1. The molecule has 0 aliphatic carbocycles. The molecule has 0 amide bonds. The van der Waals surface area contributed by atoms with Gasteiger partial charge in [0.15, 0.2) is 0 Å². The normalized spacial score (nSPS) is 11.1. The quantitative estimate of drug-likeness (QED) is 0.529. The van der Waals surface area contributed by atoms with E-state index in [9.17, 15) is 0 Å². The van der Waals surface area contributed by atoms with Gasteiger partial charge in [-0.25, -0.2) is 0 Å². The molecule has 0 aromatic heterocycles. The molecular weight excluding hydrogens is 216 g/mol. The van der Waals surface area contributed by atoms with Gasteiger partial charge in [0, 0.05) is 6.61 Å². The summed E-state index contributed by atoms with van der Waals surface area (Å²) >= 11 is -1.75. The Hall–Kier alpha value is 0.434. The molecule has 0 aliphatic rings. The van der Waals surface area contributed by atoms with Gasteiger partial charge >= 0.3 is 26.5 Å². The SMILES string of the molecule is CCCCCC(CO)CCC.[O]=[Ti][OH]. The van der Waals surface area contributed by atoms with Crippen LogP contribution in [0.5, 0.6) is 0 Å². The van der Waals surface area contributed by atoms with Crippen molar-refractivity contribution in [3.8, 4) is 0 Å². The molecule has 0 saturated carbocycles. The number of hydrogen-bond donors (Lipinski definition) is 2. The average Bonchev–Trinajstić information content (AvgIpc) is 2.18. The summed E-state index contributed by atoms with van der Waals surface area (Å²) in [7, 11) is 0. The first-order valence-electron chi connectivity index (χ1n) is 5.38. The molecule has 3 nitrogen and oxygen atoms in total. The van der Waals surface area contributed by atoms with Crippen molar-refractivity contribution in [1.29, 1.82) is 0 Å². The van der Waals surface area contributed by atoms with Gasteiger partial charge in [-0.2, -0.15) is 0 Å². The van der Waals surface area contributed by atoms with Crippen molar-refractivity contribution in [2.45, 2.75) is 52.4 Å². The minimum atomic E-state index is -1.75. The molecule has 0 saturated heterocycles. The molecule has 0 bridgehead atoms. The minimum absolute atomic E-state index is 0.386. The Bertz CT molecular complexity index is 110. The van der Waals surface area contributed by atoms with Gasteiger partial charge in [0.2, 0.25) is 0 Å². The predicted molar refractivity (Wildman–Crippen MR) is 52.5 cm³/mol. The van der Waals surface area contributed by atoms with Gasteiger partial charge in [0.25, 0.3) is 0 Å². The van der Waals surface area contributed by atoms with E-state index in [2.05, 4.69) is 13.8 Å². The molecule has 1 atom stereocenters. The monoisotopic (exact) mass is 239 g/mol. The summed E-state index contributed by atoms with van der Waals surface area (Å²) in [6, 6.07) is 0. The van der Waals surface area contributed by atoms with Crippen molar-refractivity contribution in [3.05, 3.63) is 0 Å². The number of aliphatic hydroxyl groups is 1. The first-order chi connectivity index (χ1) is 6.76. The zero-order valence-electron chi connectivity index (χ0n) is 9.33. The van der Waals surface area contributed by atoms with Crippen LogP contribution < -0.4 is 0 Å². The van der Waals surface area contributed by atoms with E-state index in [0.717, 1.165) is 0 Å². The topological polar surface area (TPSA) is 57.5 Å². The van der Waals surface area contributed by atoms with Crippen LogP contribution in [0.2, 0.25) is 0 Å². The Labute approximate surface area is 96.6 Å². The first-order valence-corrected chi connectivity index (χ1v) is 6.72. The van der Waals surface area contributed by atoms with Crippen LogP contribution in [-0.2, 0) is 22.8 Å². The molecule has 14 heavy (non-hydrogen) atoms. The van der Waals surface area contributed by atoms with E-state index in [1.165, 1.54) is 38.5 Å². The van der Waals surface area contributed by atoms with Gasteiger partial charge < -0.3 is 5.11 Å². The Balaban J connectivity index is 0. The van der Waals surface area contributed by atoms with Crippen molar-refractivity contribution in [2.75, 3.05) is 6.61 Å². The van der Waals surface area contributed by atoms with E-state index in [1.54, 1.807) is 0 Å². The zero-order chi connectivity index (χ0) is 11.2. The molecule has 0 fully saturated rings. The molecule has 0 aliphatic heterocycles. The average molecular weight is 239 g/mol. The van der Waals surface area contributed by atoms with Crippen molar-refractivity contribution in [3.63, 3.8) is 0 Å². The van der Waals surface area contributed by atoms with E-state index >= 15 is 0 Å². The molecule has 0 heterocycles. The van der Waals surface area contributed by atoms with Crippen LogP contribution in [0.3, 0.4) is 0 Å². The van der Waals surface area contributed by atoms with Gasteiger partial charge in [0.05, 0.1) is 0 Å². The van der Waals surface area contributed by atoms with E-state index in [1.807, 2.05) is 0 Å². The fourth-order valence-corrected chi connectivity index (χ4v) is 1.42. The number of rotatable bonds is 7. The van der Waals surface area contributed by atoms with Gasteiger partial charge in [-0.1, -0.05) is 39.5 Å². The molecule has 0 rings (SSSR count). The van der Waals surface area contributed by atoms with Crippen molar-refractivity contribution in [2.24, 2.45) is 5.92 Å². The van der Waals surface area contributed by atoms with Crippen LogP contribution in [0.25, 0.3) is 0 Å². The summed E-state index contributed by atoms with van der Waals surface area (Å²) < 4.78 is 15.8. The summed E-state index contributed by atoms with van der Waals surface area (Å²) in [6.45, 7) is 4.79. The molecule has 1 unspecified atom stereocenters. The molecule has 0 aromatic rings. The molecule has 4 heteroatoms. The number of hydrogen-bond acceptors (Lipinski definition) is 2. The third-order valence-electron chi connectivity index (χ3n) is 2.17. The summed E-state index contributed by atoms with van der Waals surface area (Å²) in [5, 5.41) is 8.96. The second kappa shape index (κ2) is 15.9. The summed E-state index contributed by atoms with van der Waals surface area (Å²) in [5.74, 6) is 0.576. The third kappa shape index (κ3) is 14.9. The van der Waals surface area contributed by atoms with Crippen molar-refractivity contribution < 1.29 is 31.6 Å². The van der Waals surface area contributed by atoms with Crippen LogP contribution >= 0.6 is 0 Å². The van der Waals surface area contributed by atoms with Gasteiger partial charge in [0.1, 0.15) is 0 Å². The Morgan fingerprint density at radius 1 is 1.14 bits per heavy atom. The molecular formula is C10H23O3Ti. The number of unbranched alkanes of at least 4 members (excludes halogenated alkanes) is 2.